The second kappa shape index (κ2) is 8.87. The van der Waals surface area contributed by atoms with Crippen molar-refractivity contribution in [2.75, 3.05) is 13.1 Å². The second-order valence-corrected chi connectivity index (χ2v) is 10.7. The molecule has 1 atom stereocenters. The molecule has 0 radical (unpaired) electrons. The summed E-state index contributed by atoms with van der Waals surface area (Å²) in [7, 11) is -3.75. The first kappa shape index (κ1) is 21.6. The van der Waals surface area contributed by atoms with Gasteiger partial charge >= 0.3 is 0 Å². The van der Waals surface area contributed by atoms with Gasteiger partial charge < -0.3 is 5.32 Å². The van der Waals surface area contributed by atoms with Crippen molar-refractivity contribution in [2.24, 2.45) is 5.92 Å². The van der Waals surface area contributed by atoms with Crippen LogP contribution < -0.4 is 5.32 Å². The van der Waals surface area contributed by atoms with E-state index in [0.717, 1.165) is 19.3 Å². The Hall–Kier alpha value is -1.60. The third kappa shape index (κ3) is 4.37. The molecule has 4 rings (SSSR count). The van der Waals surface area contributed by atoms with Gasteiger partial charge in [-0.2, -0.15) is 4.31 Å². The highest BCUT2D eigenvalue weighted by Gasteiger charge is 2.34. The number of fused-ring (bicyclic) bond motifs is 1. The Balaban J connectivity index is 1.40. The Morgan fingerprint density at radius 1 is 1.03 bits per heavy atom. The minimum absolute atomic E-state index is 0.00883. The summed E-state index contributed by atoms with van der Waals surface area (Å²) in [4.78, 5) is 12.9. The van der Waals surface area contributed by atoms with Crippen LogP contribution >= 0.6 is 23.2 Å². The lowest BCUT2D eigenvalue weighted by molar-refractivity contribution is -0.127. The van der Waals surface area contributed by atoms with E-state index >= 15 is 0 Å². The van der Waals surface area contributed by atoms with Crippen LogP contribution in [0.5, 0.6) is 0 Å². The van der Waals surface area contributed by atoms with Crippen molar-refractivity contribution in [3.8, 4) is 0 Å². The minimum atomic E-state index is -3.75. The lowest BCUT2D eigenvalue weighted by Gasteiger charge is -2.33. The third-order valence-electron chi connectivity index (χ3n) is 6.02. The summed E-state index contributed by atoms with van der Waals surface area (Å²) in [5, 5.41) is 3.67. The van der Waals surface area contributed by atoms with Gasteiger partial charge in [-0.3, -0.25) is 4.79 Å². The summed E-state index contributed by atoms with van der Waals surface area (Å²) in [6.07, 6.45) is 4.00. The number of carbonyl (C=O) groups is 1. The van der Waals surface area contributed by atoms with Crippen LogP contribution in [0.25, 0.3) is 0 Å². The summed E-state index contributed by atoms with van der Waals surface area (Å²) < 4.78 is 27.3. The average molecular weight is 467 g/mol. The van der Waals surface area contributed by atoms with Crippen LogP contribution in [-0.2, 0) is 21.2 Å². The van der Waals surface area contributed by atoms with Crippen LogP contribution in [0.15, 0.2) is 47.4 Å². The largest absolute Gasteiger partial charge is 0.349 e. The van der Waals surface area contributed by atoms with Gasteiger partial charge in [0.05, 0.1) is 11.1 Å². The summed E-state index contributed by atoms with van der Waals surface area (Å²) >= 11 is 12.1. The van der Waals surface area contributed by atoms with E-state index in [4.69, 9.17) is 23.2 Å². The van der Waals surface area contributed by atoms with E-state index < -0.39 is 10.0 Å². The molecule has 0 bridgehead atoms. The number of nitrogens with one attached hydrogen (secondary N) is 1. The van der Waals surface area contributed by atoms with Crippen molar-refractivity contribution in [2.45, 2.75) is 43.0 Å². The van der Waals surface area contributed by atoms with Crippen molar-refractivity contribution in [3.05, 3.63) is 63.6 Å². The van der Waals surface area contributed by atoms with E-state index in [1.54, 1.807) is 6.07 Å². The van der Waals surface area contributed by atoms with Crippen molar-refractivity contribution in [1.82, 2.24) is 9.62 Å². The number of amides is 1. The molecule has 1 aliphatic carbocycles. The molecule has 1 N–H and O–H groups in total. The fourth-order valence-electron chi connectivity index (χ4n) is 4.37. The molecule has 2 aromatic rings. The van der Waals surface area contributed by atoms with E-state index in [0.29, 0.717) is 17.9 Å². The Bertz CT molecular complexity index is 1050. The first-order valence-corrected chi connectivity index (χ1v) is 12.4. The van der Waals surface area contributed by atoms with E-state index in [-0.39, 0.29) is 40.9 Å². The van der Waals surface area contributed by atoms with Crippen LogP contribution in [0.1, 0.15) is 42.9 Å². The van der Waals surface area contributed by atoms with Crippen LogP contribution in [0.3, 0.4) is 0 Å². The predicted molar refractivity (Wildman–Crippen MR) is 118 cm³/mol. The highest BCUT2D eigenvalue weighted by Crippen LogP contribution is 2.32. The maximum atomic E-state index is 13.0. The monoisotopic (exact) mass is 466 g/mol. The van der Waals surface area contributed by atoms with Crippen molar-refractivity contribution < 1.29 is 13.2 Å². The van der Waals surface area contributed by atoms with Crippen LogP contribution in [-0.4, -0.2) is 31.7 Å². The summed E-state index contributed by atoms with van der Waals surface area (Å²) in [5.41, 5.74) is 2.50. The van der Waals surface area contributed by atoms with E-state index in [1.807, 2.05) is 12.1 Å². The van der Waals surface area contributed by atoms with E-state index in [9.17, 15) is 13.2 Å². The van der Waals surface area contributed by atoms with Gasteiger partial charge in [0.2, 0.25) is 15.9 Å². The third-order valence-corrected chi connectivity index (χ3v) is 8.64. The fraction of sp³-hybridized carbons (Fsp3) is 0.409. The molecule has 0 unspecified atom stereocenters. The number of sulfonamides is 1. The number of benzene rings is 2. The highest BCUT2D eigenvalue weighted by molar-refractivity contribution is 7.89. The number of hydrogen-bond donors (Lipinski definition) is 1. The second-order valence-electron chi connectivity index (χ2n) is 7.91. The van der Waals surface area contributed by atoms with Gasteiger partial charge in [0.1, 0.15) is 4.90 Å². The first-order chi connectivity index (χ1) is 14.4. The molecular formula is C22H24Cl2N2O3S. The molecule has 2 aliphatic rings. The minimum Gasteiger partial charge on any atom is -0.349 e. The van der Waals surface area contributed by atoms with Gasteiger partial charge in [0, 0.05) is 24.0 Å². The molecule has 1 saturated heterocycles. The van der Waals surface area contributed by atoms with Crippen molar-refractivity contribution >= 4 is 39.1 Å². The van der Waals surface area contributed by atoms with Gasteiger partial charge in [-0.1, -0.05) is 47.5 Å². The number of piperidine rings is 1. The standard InChI is InChI=1S/C22H24Cl2N2O3S/c23-17-8-9-19(24)21(14-17)30(28,29)26-12-10-16(11-13-26)22(27)25-20-7-3-5-15-4-1-2-6-18(15)20/h1-2,4,6,8-9,14,16,20H,3,5,7,10-13H2,(H,25,27)/t20-/m1/s1. The van der Waals surface area contributed by atoms with Crippen molar-refractivity contribution in [1.29, 1.82) is 0 Å². The van der Waals surface area contributed by atoms with Gasteiger partial charge in [-0.25, -0.2) is 8.42 Å². The molecule has 1 fully saturated rings. The Morgan fingerprint density at radius 3 is 2.53 bits per heavy atom. The SMILES string of the molecule is O=C(N[C@@H]1CCCc2ccccc21)C1CCN(S(=O)(=O)c2cc(Cl)ccc2Cl)CC1. The molecule has 1 aliphatic heterocycles. The maximum absolute atomic E-state index is 13.0. The molecule has 5 nitrogen and oxygen atoms in total. The molecule has 30 heavy (non-hydrogen) atoms. The quantitative estimate of drug-likeness (QED) is 0.716. The van der Waals surface area contributed by atoms with Gasteiger partial charge in [-0.15, -0.1) is 0 Å². The summed E-state index contributed by atoms with van der Waals surface area (Å²) in [6.45, 7) is 0.565. The topological polar surface area (TPSA) is 66.5 Å². The predicted octanol–water partition coefficient (Wildman–Crippen LogP) is 4.59. The van der Waals surface area contributed by atoms with Crippen molar-refractivity contribution in [3.63, 3.8) is 0 Å². The zero-order chi connectivity index (χ0) is 21.3. The number of hydrogen-bond acceptors (Lipinski definition) is 3. The number of nitrogens with zero attached hydrogens (tertiary/aromatic N) is 1. The molecule has 1 heterocycles. The molecule has 0 spiro atoms. The smallest absolute Gasteiger partial charge is 0.244 e. The summed E-state index contributed by atoms with van der Waals surface area (Å²) in [6, 6.07) is 12.7. The van der Waals surface area contributed by atoms with Crippen LogP contribution in [0, 0.1) is 5.92 Å². The molecule has 160 valence electrons. The van der Waals surface area contributed by atoms with E-state index in [1.165, 1.54) is 27.6 Å². The number of aryl methyl sites for hydroxylation is 1. The van der Waals surface area contributed by atoms with E-state index in [2.05, 4.69) is 17.4 Å². The number of rotatable bonds is 4. The first-order valence-electron chi connectivity index (χ1n) is 10.2. The van der Waals surface area contributed by atoms with Crippen LogP contribution in [0.4, 0.5) is 0 Å². The Labute approximate surface area is 187 Å². The van der Waals surface area contributed by atoms with Gasteiger partial charge in [-0.05, 0) is 61.4 Å². The lowest BCUT2D eigenvalue weighted by atomic mass is 9.87. The average Bonchev–Trinajstić information content (AvgIpc) is 2.75. The maximum Gasteiger partial charge on any atom is 0.244 e. The molecule has 0 saturated carbocycles. The normalized spacial score (nSPS) is 20.5. The zero-order valence-corrected chi connectivity index (χ0v) is 18.8. The Kier molecular flexibility index (Phi) is 6.39. The summed E-state index contributed by atoms with van der Waals surface area (Å²) in [5.74, 6) is -0.185. The Morgan fingerprint density at radius 2 is 1.77 bits per heavy atom. The molecule has 0 aromatic heterocycles. The molecule has 2 aromatic carbocycles. The molecule has 1 amide bonds. The highest BCUT2D eigenvalue weighted by atomic mass is 35.5. The molecule has 8 heteroatoms. The lowest BCUT2D eigenvalue weighted by Crippen LogP contribution is -2.44. The van der Waals surface area contributed by atoms with Gasteiger partial charge in [0.15, 0.2) is 0 Å². The van der Waals surface area contributed by atoms with Crippen LogP contribution in [0.2, 0.25) is 10.0 Å². The fourth-order valence-corrected chi connectivity index (χ4v) is 6.57. The number of halogens is 2. The van der Waals surface area contributed by atoms with Gasteiger partial charge in [0.25, 0.3) is 0 Å². The zero-order valence-electron chi connectivity index (χ0n) is 16.5. The number of carbonyl (C=O) groups excluding carboxylic acids is 1. The molecular weight excluding hydrogens is 443 g/mol.